The number of furan rings is 1. The van der Waals surface area contributed by atoms with Crippen LogP contribution in [0.3, 0.4) is 0 Å². The molecule has 0 amide bonds. The number of nitrogen functional groups attached to an aromatic ring is 1. The molecule has 0 saturated carbocycles. The summed E-state index contributed by atoms with van der Waals surface area (Å²) < 4.78 is 10.7. The minimum Gasteiger partial charge on any atom is -0.454 e. The third kappa shape index (κ3) is 1.49. The maximum Gasteiger partial charge on any atom is 0.226 e. The van der Waals surface area contributed by atoms with E-state index in [1.54, 1.807) is 0 Å². The molecule has 86 valence electrons. The number of nitrogens with zero attached hydrogens (tertiary/aromatic N) is 1. The SMILES string of the molecule is CCc1c(-c2cc3ccccc3o2)noc1N. The zero-order chi connectivity index (χ0) is 11.8. The first-order valence-corrected chi connectivity index (χ1v) is 5.52. The molecular formula is C13H12N2O2. The van der Waals surface area contributed by atoms with Crippen molar-refractivity contribution in [2.24, 2.45) is 0 Å². The Bertz CT molecular complexity index is 634. The molecule has 2 aromatic heterocycles. The summed E-state index contributed by atoms with van der Waals surface area (Å²) >= 11 is 0. The molecule has 4 nitrogen and oxygen atoms in total. The second-order valence-corrected chi connectivity index (χ2v) is 3.88. The fourth-order valence-electron chi connectivity index (χ4n) is 1.96. The highest BCUT2D eigenvalue weighted by Gasteiger charge is 2.17. The van der Waals surface area contributed by atoms with Gasteiger partial charge in [-0.2, -0.15) is 0 Å². The number of rotatable bonds is 2. The summed E-state index contributed by atoms with van der Waals surface area (Å²) in [4.78, 5) is 0. The quantitative estimate of drug-likeness (QED) is 0.731. The summed E-state index contributed by atoms with van der Waals surface area (Å²) in [6.07, 6.45) is 0.766. The molecule has 0 unspecified atom stereocenters. The van der Waals surface area contributed by atoms with Crippen LogP contribution in [0.2, 0.25) is 0 Å². The fourth-order valence-corrected chi connectivity index (χ4v) is 1.96. The second kappa shape index (κ2) is 3.66. The molecule has 0 bridgehead atoms. The van der Waals surface area contributed by atoms with Gasteiger partial charge in [-0.05, 0) is 18.6 Å². The van der Waals surface area contributed by atoms with Crippen molar-refractivity contribution in [3.63, 3.8) is 0 Å². The average Bonchev–Trinajstić information content (AvgIpc) is 2.91. The van der Waals surface area contributed by atoms with E-state index in [1.807, 2.05) is 37.3 Å². The van der Waals surface area contributed by atoms with Crippen molar-refractivity contribution in [2.75, 3.05) is 5.73 Å². The van der Waals surface area contributed by atoms with Crippen LogP contribution in [0.25, 0.3) is 22.4 Å². The summed E-state index contributed by atoms with van der Waals surface area (Å²) in [5, 5.41) is 5.01. The predicted octanol–water partition coefficient (Wildman–Crippen LogP) is 3.23. The Hall–Kier alpha value is -2.23. The summed E-state index contributed by atoms with van der Waals surface area (Å²) in [6, 6.07) is 9.78. The first-order valence-electron chi connectivity index (χ1n) is 5.52. The van der Waals surface area contributed by atoms with Crippen molar-refractivity contribution < 1.29 is 8.94 Å². The number of hydrogen-bond donors (Lipinski definition) is 1. The van der Waals surface area contributed by atoms with Gasteiger partial charge < -0.3 is 14.7 Å². The lowest BCUT2D eigenvalue weighted by Crippen LogP contribution is -1.88. The Morgan fingerprint density at radius 1 is 1.29 bits per heavy atom. The Kier molecular flexibility index (Phi) is 2.14. The second-order valence-electron chi connectivity index (χ2n) is 3.88. The minimum absolute atomic E-state index is 0.364. The molecule has 2 heterocycles. The number of anilines is 1. The van der Waals surface area contributed by atoms with Crippen LogP contribution >= 0.6 is 0 Å². The highest BCUT2D eigenvalue weighted by atomic mass is 16.5. The molecule has 1 aromatic carbocycles. The number of nitrogens with two attached hydrogens (primary N) is 1. The standard InChI is InChI=1S/C13H12N2O2/c1-2-9-12(15-17-13(9)14)11-7-8-5-3-4-6-10(8)16-11/h3-7H,2,14H2,1H3. The van der Waals surface area contributed by atoms with E-state index in [0.29, 0.717) is 17.3 Å². The average molecular weight is 228 g/mol. The summed E-state index contributed by atoms with van der Waals surface area (Å²) in [5.74, 6) is 1.06. The van der Waals surface area contributed by atoms with Crippen molar-refractivity contribution in [1.29, 1.82) is 0 Å². The van der Waals surface area contributed by atoms with Gasteiger partial charge in [0.05, 0.1) is 0 Å². The van der Waals surface area contributed by atoms with Crippen molar-refractivity contribution in [3.8, 4) is 11.5 Å². The van der Waals surface area contributed by atoms with E-state index in [1.165, 1.54) is 0 Å². The van der Waals surface area contributed by atoms with Crippen LogP contribution in [0, 0.1) is 0 Å². The van der Waals surface area contributed by atoms with Crippen LogP contribution in [0.15, 0.2) is 39.3 Å². The first-order chi connectivity index (χ1) is 8.29. The van der Waals surface area contributed by atoms with Crippen molar-refractivity contribution in [3.05, 3.63) is 35.9 Å². The molecule has 0 fully saturated rings. The Morgan fingerprint density at radius 3 is 2.88 bits per heavy atom. The van der Waals surface area contributed by atoms with Gasteiger partial charge in [0.2, 0.25) is 5.88 Å². The normalized spacial score (nSPS) is 11.1. The van der Waals surface area contributed by atoms with Gasteiger partial charge in [-0.15, -0.1) is 0 Å². The van der Waals surface area contributed by atoms with Gasteiger partial charge in [0.15, 0.2) is 11.5 Å². The fraction of sp³-hybridized carbons (Fsp3) is 0.154. The van der Waals surface area contributed by atoms with Crippen LogP contribution in [0.4, 0.5) is 5.88 Å². The van der Waals surface area contributed by atoms with Crippen LogP contribution in [-0.4, -0.2) is 5.16 Å². The molecule has 0 aliphatic heterocycles. The Labute approximate surface area is 98.0 Å². The zero-order valence-corrected chi connectivity index (χ0v) is 9.43. The molecule has 0 aliphatic carbocycles. The molecular weight excluding hydrogens is 216 g/mol. The number of benzene rings is 1. The van der Waals surface area contributed by atoms with E-state index in [4.69, 9.17) is 14.7 Å². The van der Waals surface area contributed by atoms with E-state index in [2.05, 4.69) is 5.16 Å². The summed E-state index contributed by atoms with van der Waals surface area (Å²) in [7, 11) is 0. The van der Waals surface area contributed by atoms with Crippen LogP contribution in [0.1, 0.15) is 12.5 Å². The van der Waals surface area contributed by atoms with Gasteiger partial charge in [0.1, 0.15) is 5.58 Å². The number of hydrogen-bond acceptors (Lipinski definition) is 4. The Balaban J connectivity index is 2.20. The molecule has 2 N–H and O–H groups in total. The van der Waals surface area contributed by atoms with Crippen LogP contribution < -0.4 is 5.73 Å². The number of para-hydroxylation sites is 1. The van der Waals surface area contributed by atoms with Gasteiger partial charge >= 0.3 is 0 Å². The third-order valence-corrected chi connectivity index (χ3v) is 2.83. The maximum absolute atomic E-state index is 5.73. The molecule has 0 saturated heterocycles. The third-order valence-electron chi connectivity index (χ3n) is 2.83. The lowest BCUT2D eigenvalue weighted by molar-refractivity contribution is 0.436. The lowest BCUT2D eigenvalue weighted by atomic mass is 10.1. The topological polar surface area (TPSA) is 65.2 Å². The van der Waals surface area contributed by atoms with Gasteiger partial charge in [0.25, 0.3) is 0 Å². The maximum atomic E-state index is 5.73. The van der Waals surface area contributed by atoms with Crippen molar-refractivity contribution >= 4 is 16.9 Å². The number of fused-ring (bicyclic) bond motifs is 1. The highest BCUT2D eigenvalue weighted by Crippen LogP contribution is 2.31. The van der Waals surface area contributed by atoms with E-state index < -0.39 is 0 Å². The monoisotopic (exact) mass is 228 g/mol. The minimum atomic E-state index is 0.364. The molecule has 3 aromatic rings. The highest BCUT2D eigenvalue weighted by molar-refractivity contribution is 5.82. The molecule has 3 rings (SSSR count). The molecule has 0 aliphatic rings. The van der Waals surface area contributed by atoms with E-state index in [-0.39, 0.29) is 0 Å². The Morgan fingerprint density at radius 2 is 2.12 bits per heavy atom. The summed E-state index contributed by atoms with van der Waals surface area (Å²) in [6.45, 7) is 2.01. The molecule has 0 radical (unpaired) electrons. The van der Waals surface area contributed by atoms with E-state index in [9.17, 15) is 0 Å². The lowest BCUT2D eigenvalue weighted by Gasteiger charge is -1.93. The zero-order valence-electron chi connectivity index (χ0n) is 9.43. The van der Waals surface area contributed by atoms with Crippen molar-refractivity contribution in [2.45, 2.75) is 13.3 Å². The van der Waals surface area contributed by atoms with Gasteiger partial charge in [-0.25, -0.2) is 0 Å². The molecule has 17 heavy (non-hydrogen) atoms. The van der Waals surface area contributed by atoms with Crippen molar-refractivity contribution in [1.82, 2.24) is 5.16 Å². The van der Waals surface area contributed by atoms with E-state index in [0.717, 1.165) is 23.0 Å². The van der Waals surface area contributed by atoms with Gasteiger partial charge in [0, 0.05) is 10.9 Å². The smallest absolute Gasteiger partial charge is 0.226 e. The number of aromatic nitrogens is 1. The molecule has 4 heteroatoms. The first kappa shape index (κ1) is 9.96. The van der Waals surface area contributed by atoms with E-state index >= 15 is 0 Å². The molecule has 0 atom stereocenters. The largest absolute Gasteiger partial charge is 0.454 e. The van der Waals surface area contributed by atoms with Crippen LogP contribution in [0.5, 0.6) is 0 Å². The van der Waals surface area contributed by atoms with Gasteiger partial charge in [-0.3, -0.25) is 0 Å². The predicted molar refractivity (Wildman–Crippen MR) is 65.5 cm³/mol. The van der Waals surface area contributed by atoms with Gasteiger partial charge in [-0.1, -0.05) is 30.3 Å². The molecule has 0 spiro atoms. The van der Waals surface area contributed by atoms with Crippen LogP contribution in [-0.2, 0) is 6.42 Å². The summed E-state index contributed by atoms with van der Waals surface area (Å²) in [5.41, 5.74) is 8.14.